The van der Waals surface area contributed by atoms with Gasteiger partial charge in [0.2, 0.25) is 5.91 Å². The lowest BCUT2D eigenvalue weighted by molar-refractivity contribution is -0.128. The van der Waals surface area contributed by atoms with Crippen molar-refractivity contribution in [3.05, 3.63) is 18.6 Å². The van der Waals surface area contributed by atoms with Crippen LogP contribution in [0.15, 0.2) is 18.6 Å². The first kappa shape index (κ1) is 15.2. The minimum absolute atomic E-state index is 0.162. The van der Waals surface area contributed by atoms with E-state index in [-0.39, 0.29) is 11.3 Å². The molecule has 132 valence electrons. The number of anilines is 1. The predicted molar refractivity (Wildman–Crippen MR) is 96.2 cm³/mol. The summed E-state index contributed by atoms with van der Waals surface area (Å²) >= 11 is 0. The average Bonchev–Trinajstić information content (AvgIpc) is 3.16. The smallest absolute Gasteiger partial charge is 0.223 e. The standard InChI is InChI=1S/C19H25N5O/c25-18(21-10-13-2-1-3-13)15-5-9-24(11-19(15)6-7-19)17-14-4-8-20-16(14)22-12-23-17/h4,8,12-13,15H,1-3,5-7,9-11H2,(H,21,25)(H,20,22,23). The highest BCUT2D eigenvalue weighted by Crippen LogP contribution is 2.56. The van der Waals surface area contributed by atoms with E-state index >= 15 is 0 Å². The summed E-state index contributed by atoms with van der Waals surface area (Å²) in [7, 11) is 0. The molecule has 2 saturated carbocycles. The molecule has 0 radical (unpaired) electrons. The van der Waals surface area contributed by atoms with E-state index in [9.17, 15) is 4.79 Å². The van der Waals surface area contributed by atoms with Crippen molar-refractivity contribution in [2.45, 2.75) is 38.5 Å². The third kappa shape index (κ3) is 2.58. The number of piperidine rings is 1. The summed E-state index contributed by atoms with van der Waals surface area (Å²) < 4.78 is 0. The zero-order valence-corrected chi connectivity index (χ0v) is 14.5. The zero-order valence-electron chi connectivity index (χ0n) is 14.5. The van der Waals surface area contributed by atoms with Crippen molar-refractivity contribution in [1.29, 1.82) is 0 Å². The lowest BCUT2D eigenvalue weighted by atomic mass is 9.81. The minimum Gasteiger partial charge on any atom is -0.356 e. The van der Waals surface area contributed by atoms with Gasteiger partial charge in [-0.05, 0) is 49.5 Å². The SMILES string of the molecule is O=C(NCC1CCC1)C1CCN(c2ncnc3[nH]ccc23)CC12CC2. The van der Waals surface area contributed by atoms with Gasteiger partial charge in [0, 0.05) is 31.7 Å². The van der Waals surface area contributed by atoms with E-state index in [4.69, 9.17) is 0 Å². The number of nitrogens with zero attached hydrogens (tertiary/aromatic N) is 3. The molecule has 2 aliphatic carbocycles. The van der Waals surface area contributed by atoms with E-state index in [2.05, 4.69) is 25.2 Å². The molecular formula is C19H25N5O. The second-order valence-corrected chi connectivity index (χ2v) is 8.10. The van der Waals surface area contributed by atoms with E-state index in [1.54, 1.807) is 6.33 Å². The Labute approximate surface area is 147 Å². The number of aromatic amines is 1. The summed E-state index contributed by atoms with van der Waals surface area (Å²) in [6, 6.07) is 2.04. The van der Waals surface area contributed by atoms with Gasteiger partial charge in [0.05, 0.1) is 5.39 Å². The van der Waals surface area contributed by atoms with Gasteiger partial charge in [0.15, 0.2) is 0 Å². The number of carbonyl (C=O) groups excluding carboxylic acids is 1. The van der Waals surface area contributed by atoms with Gasteiger partial charge in [-0.2, -0.15) is 0 Å². The molecule has 3 heterocycles. The Balaban J connectivity index is 1.30. The molecule has 3 aliphatic rings. The van der Waals surface area contributed by atoms with Crippen LogP contribution in [0, 0.1) is 17.3 Å². The van der Waals surface area contributed by atoms with E-state index in [1.165, 1.54) is 19.3 Å². The average molecular weight is 339 g/mol. The highest BCUT2D eigenvalue weighted by molar-refractivity contribution is 5.87. The first-order chi connectivity index (χ1) is 12.3. The number of carbonyl (C=O) groups is 1. The third-order valence-corrected chi connectivity index (χ3v) is 6.56. The summed E-state index contributed by atoms with van der Waals surface area (Å²) in [5.41, 5.74) is 1.05. The topological polar surface area (TPSA) is 73.9 Å². The van der Waals surface area contributed by atoms with Gasteiger partial charge in [-0.15, -0.1) is 0 Å². The fourth-order valence-corrected chi connectivity index (χ4v) is 4.59. The maximum Gasteiger partial charge on any atom is 0.223 e. The van der Waals surface area contributed by atoms with Crippen molar-refractivity contribution in [3.8, 4) is 0 Å². The monoisotopic (exact) mass is 339 g/mol. The van der Waals surface area contributed by atoms with Crippen LogP contribution in [0.2, 0.25) is 0 Å². The fraction of sp³-hybridized carbons (Fsp3) is 0.632. The lowest BCUT2D eigenvalue weighted by Crippen LogP contribution is -2.49. The first-order valence-electron chi connectivity index (χ1n) is 9.56. The van der Waals surface area contributed by atoms with E-state index < -0.39 is 0 Å². The van der Waals surface area contributed by atoms with Gasteiger partial charge in [0.25, 0.3) is 0 Å². The Hall–Kier alpha value is -2.11. The Morgan fingerprint density at radius 2 is 2.20 bits per heavy atom. The molecule has 6 nitrogen and oxygen atoms in total. The molecule has 1 spiro atoms. The van der Waals surface area contributed by atoms with Crippen LogP contribution in [0.1, 0.15) is 38.5 Å². The second-order valence-electron chi connectivity index (χ2n) is 8.10. The van der Waals surface area contributed by atoms with Crippen LogP contribution >= 0.6 is 0 Å². The molecule has 0 aromatic carbocycles. The summed E-state index contributed by atoms with van der Waals surface area (Å²) in [5.74, 6) is 2.19. The molecular weight excluding hydrogens is 314 g/mol. The number of hydrogen-bond donors (Lipinski definition) is 2. The van der Waals surface area contributed by atoms with Crippen LogP contribution in [-0.2, 0) is 4.79 Å². The molecule has 1 aliphatic heterocycles. The highest BCUT2D eigenvalue weighted by atomic mass is 16.1. The molecule has 5 rings (SSSR count). The minimum atomic E-state index is 0.162. The van der Waals surface area contributed by atoms with Gasteiger partial charge in [-0.25, -0.2) is 9.97 Å². The first-order valence-corrected chi connectivity index (χ1v) is 9.56. The van der Waals surface area contributed by atoms with Crippen molar-refractivity contribution in [3.63, 3.8) is 0 Å². The van der Waals surface area contributed by atoms with Gasteiger partial charge < -0.3 is 15.2 Å². The van der Waals surface area contributed by atoms with Gasteiger partial charge in [-0.3, -0.25) is 4.79 Å². The van der Waals surface area contributed by atoms with E-state index in [1.807, 2.05) is 12.3 Å². The maximum atomic E-state index is 12.8. The van der Waals surface area contributed by atoms with Crippen LogP contribution in [-0.4, -0.2) is 40.5 Å². The molecule has 1 amide bonds. The number of nitrogens with one attached hydrogen (secondary N) is 2. The Bertz CT molecular complexity index is 792. The number of hydrogen-bond acceptors (Lipinski definition) is 4. The molecule has 1 atom stereocenters. The highest BCUT2D eigenvalue weighted by Gasteiger charge is 2.55. The quantitative estimate of drug-likeness (QED) is 0.897. The van der Waals surface area contributed by atoms with Crippen LogP contribution in [0.3, 0.4) is 0 Å². The number of fused-ring (bicyclic) bond motifs is 1. The molecule has 1 saturated heterocycles. The predicted octanol–water partition coefficient (Wildman–Crippen LogP) is 2.48. The molecule has 3 fully saturated rings. The Morgan fingerprint density at radius 3 is 2.96 bits per heavy atom. The summed E-state index contributed by atoms with van der Waals surface area (Å²) in [6.07, 6.45) is 10.7. The van der Waals surface area contributed by atoms with Crippen molar-refractivity contribution in [1.82, 2.24) is 20.3 Å². The molecule has 6 heteroatoms. The normalized spacial score (nSPS) is 25.1. The Kier molecular flexibility index (Phi) is 3.47. The van der Waals surface area contributed by atoms with E-state index in [0.717, 1.165) is 61.7 Å². The number of amides is 1. The van der Waals surface area contributed by atoms with Crippen molar-refractivity contribution in [2.75, 3.05) is 24.5 Å². The van der Waals surface area contributed by atoms with Gasteiger partial charge in [0.1, 0.15) is 17.8 Å². The van der Waals surface area contributed by atoms with Crippen LogP contribution in [0.4, 0.5) is 5.82 Å². The second kappa shape index (κ2) is 5.71. The van der Waals surface area contributed by atoms with Crippen molar-refractivity contribution in [2.24, 2.45) is 17.3 Å². The zero-order chi connectivity index (χ0) is 16.9. The van der Waals surface area contributed by atoms with Crippen LogP contribution < -0.4 is 10.2 Å². The Morgan fingerprint density at radius 1 is 1.32 bits per heavy atom. The summed E-state index contributed by atoms with van der Waals surface area (Å²) in [4.78, 5) is 27.1. The molecule has 25 heavy (non-hydrogen) atoms. The number of aromatic nitrogens is 3. The van der Waals surface area contributed by atoms with Crippen LogP contribution in [0.25, 0.3) is 11.0 Å². The lowest BCUT2D eigenvalue weighted by Gasteiger charge is -2.39. The summed E-state index contributed by atoms with van der Waals surface area (Å²) in [5, 5.41) is 4.32. The van der Waals surface area contributed by atoms with Crippen molar-refractivity contribution < 1.29 is 4.79 Å². The molecule has 0 bridgehead atoms. The number of rotatable bonds is 4. The van der Waals surface area contributed by atoms with E-state index in [0.29, 0.717) is 5.91 Å². The molecule has 2 N–H and O–H groups in total. The van der Waals surface area contributed by atoms with Crippen molar-refractivity contribution >= 4 is 22.8 Å². The summed E-state index contributed by atoms with van der Waals surface area (Å²) in [6.45, 7) is 2.71. The number of H-pyrrole nitrogens is 1. The third-order valence-electron chi connectivity index (χ3n) is 6.56. The largest absolute Gasteiger partial charge is 0.356 e. The maximum absolute atomic E-state index is 12.8. The fourth-order valence-electron chi connectivity index (χ4n) is 4.59. The van der Waals surface area contributed by atoms with Gasteiger partial charge >= 0.3 is 0 Å². The van der Waals surface area contributed by atoms with Crippen LogP contribution in [0.5, 0.6) is 0 Å². The molecule has 2 aromatic heterocycles. The molecule has 1 unspecified atom stereocenters. The molecule has 2 aromatic rings. The van der Waals surface area contributed by atoms with Gasteiger partial charge in [-0.1, -0.05) is 6.42 Å².